The molecule has 0 saturated carbocycles. The van der Waals surface area contributed by atoms with Gasteiger partial charge in [0, 0.05) is 12.2 Å². The number of hydrogen-bond donors (Lipinski definition) is 2. The number of aromatic nitrogens is 1. The fraction of sp³-hybridized carbons (Fsp3) is 0.600. The SMILES string of the molecule is Cc1cc(C)c(C(=O)O)c(NCC2CCN(C)CC2)n1. The topological polar surface area (TPSA) is 65.5 Å². The Bertz CT molecular complexity index is 494. The Kier molecular flexibility index (Phi) is 4.60. The highest BCUT2D eigenvalue weighted by Crippen LogP contribution is 2.21. The van der Waals surface area contributed by atoms with Gasteiger partial charge in [-0.15, -0.1) is 0 Å². The zero-order valence-electron chi connectivity index (χ0n) is 12.4. The molecule has 1 fully saturated rings. The Morgan fingerprint density at radius 1 is 1.45 bits per heavy atom. The van der Waals surface area contributed by atoms with Gasteiger partial charge in [0.05, 0.1) is 0 Å². The molecule has 2 rings (SSSR count). The summed E-state index contributed by atoms with van der Waals surface area (Å²) in [5, 5.41) is 12.6. The fourth-order valence-electron chi connectivity index (χ4n) is 2.74. The molecule has 0 bridgehead atoms. The molecule has 0 atom stereocenters. The Hall–Kier alpha value is -1.62. The summed E-state index contributed by atoms with van der Waals surface area (Å²) < 4.78 is 0. The van der Waals surface area contributed by atoms with Crippen LogP contribution >= 0.6 is 0 Å². The maximum Gasteiger partial charge on any atom is 0.339 e. The molecule has 2 N–H and O–H groups in total. The van der Waals surface area contributed by atoms with Gasteiger partial charge >= 0.3 is 5.97 Å². The number of hydrogen-bond acceptors (Lipinski definition) is 4. The van der Waals surface area contributed by atoms with Crippen molar-refractivity contribution in [2.45, 2.75) is 26.7 Å². The lowest BCUT2D eigenvalue weighted by Gasteiger charge is -2.29. The lowest BCUT2D eigenvalue weighted by molar-refractivity contribution is 0.0696. The highest BCUT2D eigenvalue weighted by molar-refractivity contribution is 5.94. The quantitative estimate of drug-likeness (QED) is 0.883. The number of aryl methyl sites for hydroxylation is 2. The standard InChI is InChI=1S/C15H23N3O2/c1-10-8-11(2)17-14(13(10)15(19)20)16-9-12-4-6-18(3)7-5-12/h8,12H,4-7,9H2,1-3H3,(H,16,17)(H,19,20). The number of likely N-dealkylation sites (tertiary alicyclic amines) is 1. The summed E-state index contributed by atoms with van der Waals surface area (Å²) in [6, 6.07) is 1.81. The molecule has 1 aromatic heterocycles. The van der Waals surface area contributed by atoms with E-state index in [1.807, 2.05) is 19.9 Å². The number of nitrogens with zero attached hydrogens (tertiary/aromatic N) is 2. The van der Waals surface area contributed by atoms with E-state index in [9.17, 15) is 9.90 Å². The van der Waals surface area contributed by atoms with Crippen molar-refractivity contribution in [2.24, 2.45) is 5.92 Å². The molecular weight excluding hydrogens is 254 g/mol. The number of carboxylic acids is 1. The average Bonchev–Trinajstić information content (AvgIpc) is 2.36. The minimum atomic E-state index is -0.916. The largest absolute Gasteiger partial charge is 0.478 e. The van der Waals surface area contributed by atoms with Crippen LogP contribution in [-0.4, -0.2) is 47.6 Å². The van der Waals surface area contributed by atoms with E-state index < -0.39 is 5.97 Å². The van der Waals surface area contributed by atoms with E-state index in [0.29, 0.717) is 17.3 Å². The molecule has 0 spiro atoms. The Balaban J connectivity index is 2.07. The van der Waals surface area contributed by atoms with Gasteiger partial charge in [-0.05, 0) is 64.4 Å². The normalized spacial score (nSPS) is 17.1. The number of anilines is 1. The van der Waals surface area contributed by atoms with E-state index in [2.05, 4.69) is 22.2 Å². The number of rotatable bonds is 4. The predicted molar refractivity (Wildman–Crippen MR) is 79.4 cm³/mol. The number of pyridine rings is 1. The van der Waals surface area contributed by atoms with Crippen molar-refractivity contribution in [2.75, 3.05) is 32.0 Å². The Morgan fingerprint density at radius 3 is 2.70 bits per heavy atom. The van der Waals surface area contributed by atoms with Crippen molar-refractivity contribution >= 4 is 11.8 Å². The number of carbonyl (C=O) groups is 1. The molecule has 0 aromatic carbocycles. The predicted octanol–water partition coefficient (Wildman–Crippen LogP) is 2.15. The van der Waals surface area contributed by atoms with Crippen LogP contribution in [0.25, 0.3) is 0 Å². The molecule has 0 radical (unpaired) electrons. The number of carboxylic acid groups (broad SMARTS) is 1. The van der Waals surface area contributed by atoms with Gasteiger partial charge in [-0.3, -0.25) is 0 Å². The molecule has 1 aromatic rings. The van der Waals surface area contributed by atoms with Gasteiger partial charge < -0.3 is 15.3 Å². The Labute approximate surface area is 120 Å². The summed E-state index contributed by atoms with van der Waals surface area (Å²) in [6.45, 7) is 6.72. The van der Waals surface area contributed by atoms with Gasteiger partial charge in [-0.25, -0.2) is 9.78 Å². The van der Waals surface area contributed by atoms with Crippen molar-refractivity contribution in [1.82, 2.24) is 9.88 Å². The fourth-order valence-corrected chi connectivity index (χ4v) is 2.74. The molecular formula is C15H23N3O2. The van der Waals surface area contributed by atoms with E-state index in [0.717, 1.165) is 43.7 Å². The van der Waals surface area contributed by atoms with Crippen molar-refractivity contribution in [3.63, 3.8) is 0 Å². The van der Waals surface area contributed by atoms with Gasteiger partial charge in [0.15, 0.2) is 0 Å². The highest BCUT2D eigenvalue weighted by Gasteiger charge is 2.19. The van der Waals surface area contributed by atoms with E-state index in [1.54, 1.807) is 0 Å². The van der Waals surface area contributed by atoms with Crippen LogP contribution in [0, 0.1) is 19.8 Å². The Morgan fingerprint density at radius 2 is 2.10 bits per heavy atom. The van der Waals surface area contributed by atoms with Crippen LogP contribution in [0.5, 0.6) is 0 Å². The average molecular weight is 277 g/mol. The van der Waals surface area contributed by atoms with Gasteiger partial charge in [-0.2, -0.15) is 0 Å². The second kappa shape index (κ2) is 6.22. The van der Waals surface area contributed by atoms with E-state index >= 15 is 0 Å². The zero-order chi connectivity index (χ0) is 14.7. The first-order valence-electron chi connectivity index (χ1n) is 7.11. The third kappa shape index (κ3) is 3.48. The van der Waals surface area contributed by atoms with Crippen LogP contribution in [0.2, 0.25) is 0 Å². The minimum absolute atomic E-state index is 0.295. The van der Waals surface area contributed by atoms with Gasteiger partial charge in [-0.1, -0.05) is 0 Å². The monoisotopic (exact) mass is 277 g/mol. The maximum absolute atomic E-state index is 11.4. The molecule has 1 aliphatic rings. The van der Waals surface area contributed by atoms with Gasteiger partial charge in [0.2, 0.25) is 0 Å². The molecule has 110 valence electrons. The molecule has 1 aliphatic heterocycles. The molecule has 1 saturated heterocycles. The molecule has 2 heterocycles. The summed E-state index contributed by atoms with van der Waals surface area (Å²) in [5.41, 5.74) is 1.90. The van der Waals surface area contributed by atoms with E-state index in [1.165, 1.54) is 0 Å². The third-order valence-corrected chi connectivity index (χ3v) is 3.95. The van der Waals surface area contributed by atoms with E-state index in [-0.39, 0.29) is 0 Å². The summed E-state index contributed by atoms with van der Waals surface area (Å²) in [4.78, 5) is 18.0. The second-order valence-electron chi connectivity index (χ2n) is 5.74. The van der Waals surface area contributed by atoms with Crippen molar-refractivity contribution in [1.29, 1.82) is 0 Å². The van der Waals surface area contributed by atoms with E-state index in [4.69, 9.17) is 0 Å². The first-order chi connectivity index (χ1) is 9.47. The third-order valence-electron chi connectivity index (χ3n) is 3.95. The zero-order valence-corrected chi connectivity index (χ0v) is 12.4. The van der Waals surface area contributed by atoms with Crippen LogP contribution in [0.3, 0.4) is 0 Å². The van der Waals surface area contributed by atoms with Crippen molar-refractivity contribution < 1.29 is 9.90 Å². The van der Waals surface area contributed by atoms with Crippen molar-refractivity contribution in [3.05, 3.63) is 22.9 Å². The van der Waals surface area contributed by atoms with Gasteiger partial charge in [0.25, 0.3) is 0 Å². The first-order valence-corrected chi connectivity index (χ1v) is 7.11. The minimum Gasteiger partial charge on any atom is -0.478 e. The summed E-state index contributed by atoms with van der Waals surface area (Å²) in [6.07, 6.45) is 2.30. The second-order valence-corrected chi connectivity index (χ2v) is 5.74. The molecule has 5 heteroatoms. The van der Waals surface area contributed by atoms with Crippen molar-refractivity contribution in [3.8, 4) is 0 Å². The summed E-state index contributed by atoms with van der Waals surface area (Å²) in [7, 11) is 2.14. The van der Waals surface area contributed by atoms with Crippen LogP contribution in [-0.2, 0) is 0 Å². The van der Waals surface area contributed by atoms with Crippen LogP contribution < -0.4 is 5.32 Å². The summed E-state index contributed by atoms with van der Waals surface area (Å²) >= 11 is 0. The smallest absolute Gasteiger partial charge is 0.339 e. The highest BCUT2D eigenvalue weighted by atomic mass is 16.4. The number of aromatic carboxylic acids is 1. The number of piperidine rings is 1. The first kappa shape index (κ1) is 14.8. The van der Waals surface area contributed by atoms with Crippen LogP contribution in [0.1, 0.15) is 34.5 Å². The lowest BCUT2D eigenvalue weighted by Crippen LogP contribution is -2.33. The molecule has 5 nitrogen and oxygen atoms in total. The molecule has 0 aliphatic carbocycles. The molecule has 0 unspecified atom stereocenters. The molecule has 20 heavy (non-hydrogen) atoms. The van der Waals surface area contributed by atoms with Crippen LogP contribution in [0.15, 0.2) is 6.07 Å². The van der Waals surface area contributed by atoms with Gasteiger partial charge in [0.1, 0.15) is 11.4 Å². The lowest BCUT2D eigenvalue weighted by atomic mass is 9.97. The maximum atomic E-state index is 11.4. The number of nitrogens with one attached hydrogen (secondary N) is 1. The summed E-state index contributed by atoms with van der Waals surface area (Å²) in [5.74, 6) is 0.185. The van der Waals surface area contributed by atoms with Crippen LogP contribution in [0.4, 0.5) is 5.82 Å². The molecule has 0 amide bonds.